The van der Waals surface area contributed by atoms with Gasteiger partial charge in [0.25, 0.3) is 11.8 Å². The Balaban J connectivity index is 1.97. The molecular formula is C23H22BrN3O2Si. The lowest BCUT2D eigenvalue weighted by atomic mass is 9.97. The van der Waals surface area contributed by atoms with Crippen molar-refractivity contribution in [3.05, 3.63) is 52.1 Å². The molecular weight excluding hydrogens is 458 g/mol. The number of aromatic nitrogens is 2. The minimum absolute atomic E-state index is 0.156. The summed E-state index contributed by atoms with van der Waals surface area (Å²) in [5, 5.41) is 2.25. The fraction of sp³-hybridized carbons (Fsp3) is 0.261. The van der Waals surface area contributed by atoms with Crippen LogP contribution in [0.5, 0.6) is 0 Å². The van der Waals surface area contributed by atoms with Crippen LogP contribution < -0.4 is 0 Å². The van der Waals surface area contributed by atoms with Gasteiger partial charge in [-0.1, -0.05) is 52.1 Å². The summed E-state index contributed by atoms with van der Waals surface area (Å²) < 4.78 is 2.38. The molecule has 4 aromatic rings. The molecule has 0 radical (unpaired) electrons. The first-order valence-corrected chi connectivity index (χ1v) is 13.7. The van der Waals surface area contributed by atoms with Gasteiger partial charge in [-0.2, -0.15) is 0 Å². The fourth-order valence-electron chi connectivity index (χ4n) is 4.24. The molecule has 0 fully saturated rings. The lowest BCUT2D eigenvalue weighted by Gasteiger charge is -2.42. The Morgan fingerprint density at radius 1 is 0.967 bits per heavy atom. The number of benzene rings is 2. The Kier molecular flexibility index (Phi) is 3.90. The summed E-state index contributed by atoms with van der Waals surface area (Å²) in [5.74, 6) is -0.371. The topological polar surface area (TPSA) is 66.1 Å². The summed E-state index contributed by atoms with van der Waals surface area (Å²) in [6.07, 6.45) is 0. The average Bonchev–Trinajstić information content (AvgIpc) is 3.16. The Labute approximate surface area is 183 Å². The van der Waals surface area contributed by atoms with Gasteiger partial charge in [0, 0.05) is 16.2 Å². The van der Waals surface area contributed by atoms with Crippen LogP contribution in [0.2, 0.25) is 18.1 Å². The number of nitrogens with zero attached hydrogens (tertiary/aromatic N) is 2. The van der Waals surface area contributed by atoms with Gasteiger partial charge in [0.15, 0.2) is 8.24 Å². The van der Waals surface area contributed by atoms with E-state index < -0.39 is 8.24 Å². The van der Waals surface area contributed by atoms with Crippen LogP contribution in [0.25, 0.3) is 32.7 Å². The van der Waals surface area contributed by atoms with Crippen molar-refractivity contribution in [2.24, 2.45) is 0 Å². The van der Waals surface area contributed by atoms with E-state index in [0.29, 0.717) is 11.1 Å². The summed E-state index contributed by atoms with van der Waals surface area (Å²) in [7, 11) is -2.43. The van der Waals surface area contributed by atoms with Crippen LogP contribution in [-0.4, -0.2) is 34.6 Å². The van der Waals surface area contributed by atoms with Crippen LogP contribution in [0.3, 0.4) is 0 Å². The van der Waals surface area contributed by atoms with Crippen LogP contribution in [0.1, 0.15) is 41.5 Å². The first kappa shape index (κ1) is 19.5. The minimum atomic E-state index is -2.43. The van der Waals surface area contributed by atoms with E-state index in [4.69, 9.17) is 4.98 Å². The molecule has 3 heterocycles. The summed E-state index contributed by atoms with van der Waals surface area (Å²) >= 11 is 3.50. The van der Waals surface area contributed by atoms with Crippen LogP contribution in [-0.2, 0) is 0 Å². The first-order valence-electron chi connectivity index (χ1n) is 9.95. The molecule has 1 aliphatic heterocycles. The number of fused-ring (bicyclic) bond motifs is 8. The van der Waals surface area contributed by atoms with E-state index in [2.05, 4.69) is 54.8 Å². The molecule has 2 aromatic heterocycles. The van der Waals surface area contributed by atoms with E-state index in [1.807, 2.05) is 36.4 Å². The van der Waals surface area contributed by atoms with Crippen molar-refractivity contribution in [1.29, 1.82) is 0 Å². The number of imide groups is 1. The second kappa shape index (κ2) is 6.01. The Morgan fingerprint density at radius 2 is 1.63 bits per heavy atom. The van der Waals surface area contributed by atoms with Gasteiger partial charge in [-0.3, -0.25) is 9.59 Å². The van der Waals surface area contributed by atoms with Crippen molar-refractivity contribution in [3.8, 4) is 0 Å². The molecule has 2 amide bonds. The van der Waals surface area contributed by atoms with Gasteiger partial charge in [0.05, 0.1) is 32.3 Å². The third-order valence-electron chi connectivity index (χ3n) is 6.79. The predicted molar refractivity (Wildman–Crippen MR) is 127 cm³/mol. The van der Waals surface area contributed by atoms with Gasteiger partial charge in [-0.25, -0.2) is 4.98 Å². The molecule has 152 valence electrons. The smallest absolute Gasteiger partial charge is 0.254 e. The van der Waals surface area contributed by atoms with E-state index in [9.17, 15) is 9.59 Å². The van der Waals surface area contributed by atoms with Gasteiger partial charge in [-0.15, -0.1) is 0 Å². The van der Waals surface area contributed by atoms with Gasteiger partial charge in [0.1, 0.15) is 0 Å². The van der Waals surface area contributed by atoms with E-state index in [1.54, 1.807) is 4.57 Å². The normalized spacial score (nSPS) is 15.1. The largest absolute Gasteiger partial charge is 0.347 e. The third-order valence-corrected chi connectivity index (χ3v) is 12.4. The molecule has 7 heteroatoms. The number of hydrogen-bond acceptors (Lipinski definition) is 3. The standard InChI is InChI=1S/C23H22BrN3O2Si/c1-23(2,3)30(4,5)27-21(28)17-13-10-11-15(24)26-19(13)20-16(18(17)22(27)29)12-8-6-7-9-14(12)25-20/h6-11,26H,1-5H3. The molecule has 30 heavy (non-hydrogen) atoms. The number of nitrogens with one attached hydrogen (secondary N) is 1. The SMILES string of the molecule is CC(C)(C)[Si](C)(C)N1C(=O)c2c(c3c4ccccc4nc3c3[nH]c(Br)ccc23)C1=O. The number of para-hydroxylation sites is 1. The molecule has 0 atom stereocenters. The Bertz CT molecular complexity index is 1420. The summed E-state index contributed by atoms with van der Waals surface area (Å²) in [6, 6.07) is 11.6. The minimum Gasteiger partial charge on any atom is -0.347 e. The van der Waals surface area contributed by atoms with Crippen LogP contribution in [0.4, 0.5) is 0 Å². The van der Waals surface area contributed by atoms with Crippen molar-refractivity contribution >= 4 is 68.7 Å². The number of aromatic amines is 1. The van der Waals surface area contributed by atoms with Gasteiger partial charge < -0.3 is 9.55 Å². The molecule has 5 rings (SSSR count). The molecule has 1 N–H and O–H groups in total. The number of carbonyl (C=O) groups excluding carboxylic acids is 2. The number of pyridine rings is 1. The maximum absolute atomic E-state index is 13.9. The van der Waals surface area contributed by atoms with Crippen LogP contribution in [0.15, 0.2) is 41.0 Å². The first-order chi connectivity index (χ1) is 14.0. The Hall–Kier alpha value is -2.51. The molecule has 0 saturated heterocycles. The monoisotopic (exact) mass is 479 g/mol. The predicted octanol–water partition coefficient (Wildman–Crippen LogP) is 6.23. The lowest BCUT2D eigenvalue weighted by molar-refractivity contribution is 0.0747. The van der Waals surface area contributed by atoms with Crippen LogP contribution >= 0.6 is 15.9 Å². The second-order valence-corrected chi connectivity index (χ2v) is 15.4. The number of amides is 2. The zero-order valence-corrected chi connectivity index (χ0v) is 20.1. The zero-order valence-electron chi connectivity index (χ0n) is 17.6. The van der Waals surface area contributed by atoms with E-state index in [0.717, 1.165) is 37.3 Å². The highest BCUT2D eigenvalue weighted by atomic mass is 79.9. The van der Waals surface area contributed by atoms with Gasteiger partial charge in [-0.05, 0) is 39.2 Å². The van der Waals surface area contributed by atoms with Crippen molar-refractivity contribution < 1.29 is 9.59 Å². The molecule has 0 spiro atoms. The molecule has 0 bridgehead atoms. The highest BCUT2D eigenvalue weighted by Crippen LogP contribution is 2.46. The van der Waals surface area contributed by atoms with E-state index in [1.165, 1.54) is 0 Å². The number of H-pyrrole nitrogens is 1. The Morgan fingerprint density at radius 3 is 2.33 bits per heavy atom. The number of hydrogen-bond donors (Lipinski definition) is 1. The highest BCUT2D eigenvalue weighted by molar-refractivity contribution is 9.10. The van der Waals surface area contributed by atoms with Crippen molar-refractivity contribution in [3.63, 3.8) is 0 Å². The van der Waals surface area contributed by atoms with E-state index in [-0.39, 0.29) is 16.9 Å². The quantitative estimate of drug-likeness (QED) is 0.199. The van der Waals surface area contributed by atoms with Crippen molar-refractivity contribution in [1.82, 2.24) is 14.5 Å². The maximum Gasteiger partial charge on any atom is 0.254 e. The molecule has 0 aliphatic carbocycles. The second-order valence-electron chi connectivity index (χ2n) is 9.45. The van der Waals surface area contributed by atoms with Gasteiger partial charge in [0.2, 0.25) is 0 Å². The summed E-state index contributed by atoms with van der Waals surface area (Å²) in [6.45, 7) is 10.5. The van der Waals surface area contributed by atoms with Gasteiger partial charge >= 0.3 is 0 Å². The van der Waals surface area contributed by atoms with Crippen molar-refractivity contribution in [2.75, 3.05) is 0 Å². The molecule has 0 unspecified atom stereocenters. The number of carbonyl (C=O) groups is 2. The van der Waals surface area contributed by atoms with E-state index >= 15 is 0 Å². The zero-order chi connectivity index (χ0) is 21.6. The molecule has 1 aliphatic rings. The lowest BCUT2D eigenvalue weighted by Crippen LogP contribution is -2.57. The number of halogens is 1. The van der Waals surface area contributed by atoms with Crippen molar-refractivity contribution in [2.45, 2.75) is 38.9 Å². The maximum atomic E-state index is 13.9. The van der Waals surface area contributed by atoms with Crippen LogP contribution in [0, 0.1) is 0 Å². The third kappa shape index (κ3) is 2.36. The fourth-order valence-corrected chi connectivity index (χ4v) is 6.48. The summed E-state index contributed by atoms with van der Waals surface area (Å²) in [4.78, 5) is 35.8. The highest BCUT2D eigenvalue weighted by Gasteiger charge is 2.52. The summed E-state index contributed by atoms with van der Waals surface area (Å²) in [5.41, 5.74) is 3.31. The number of rotatable bonds is 1. The average molecular weight is 480 g/mol. The molecule has 5 nitrogen and oxygen atoms in total. The molecule has 0 saturated carbocycles. The molecule has 2 aromatic carbocycles.